The minimum Gasteiger partial charge on any atom is -0.481 e. The zero-order valence-electron chi connectivity index (χ0n) is 20.7. The van der Waals surface area contributed by atoms with E-state index in [1.165, 1.54) is 5.56 Å². The standard InChI is InChI=1S/C27H33N5O4.H2O/c28-27(29)31-22-12-18-8-9-19(11-20(18)13-22)25(35)30-16-23-14-21(15-24(33)34)26(36)32(23)10-4-7-17-5-2-1-3-6-17;/h1-3,5-6,8-9,11,21-23H,4,7,10,12-16H2,(H,30,35)(H,33,34)(H4,28,29,31);1H2/t21-,22?,23-;/m0./s1. The zero-order valence-corrected chi connectivity index (χ0v) is 20.7. The second kappa shape index (κ2) is 12.4. The first-order chi connectivity index (χ1) is 17.3. The average Bonchev–Trinajstić information content (AvgIpc) is 3.37. The van der Waals surface area contributed by atoms with Gasteiger partial charge in [-0.05, 0) is 60.9 Å². The molecule has 3 atom stereocenters. The minimum absolute atomic E-state index is 0. The molecule has 8 N–H and O–H groups in total. The fourth-order valence-electron chi connectivity index (χ4n) is 5.29. The van der Waals surface area contributed by atoms with Crippen molar-refractivity contribution in [1.29, 1.82) is 0 Å². The van der Waals surface area contributed by atoms with E-state index in [9.17, 15) is 19.5 Å². The van der Waals surface area contributed by atoms with E-state index in [0.717, 1.165) is 30.4 Å². The maximum atomic E-state index is 13.0. The van der Waals surface area contributed by atoms with Crippen molar-refractivity contribution in [2.24, 2.45) is 22.4 Å². The maximum Gasteiger partial charge on any atom is 0.304 e. The lowest BCUT2D eigenvalue weighted by molar-refractivity contribution is -0.142. The number of hydrogen-bond acceptors (Lipinski definition) is 4. The van der Waals surface area contributed by atoms with Gasteiger partial charge in [0.05, 0.1) is 18.4 Å². The van der Waals surface area contributed by atoms with Crippen LogP contribution in [0.15, 0.2) is 53.5 Å². The Hall–Kier alpha value is -3.92. The summed E-state index contributed by atoms with van der Waals surface area (Å²) in [5.74, 6) is -1.85. The van der Waals surface area contributed by atoms with Crippen LogP contribution in [-0.4, -0.2) is 64.4 Å². The number of likely N-dealkylation sites (tertiary alicyclic amines) is 1. The molecular weight excluding hydrogens is 474 g/mol. The number of nitrogens with two attached hydrogens (primary N) is 2. The van der Waals surface area contributed by atoms with Crippen LogP contribution in [0.1, 0.15) is 46.3 Å². The highest BCUT2D eigenvalue weighted by Crippen LogP contribution is 2.28. The van der Waals surface area contributed by atoms with Crippen LogP contribution >= 0.6 is 0 Å². The number of carbonyl (C=O) groups is 3. The van der Waals surface area contributed by atoms with Crippen LogP contribution in [0.5, 0.6) is 0 Å². The van der Waals surface area contributed by atoms with Gasteiger partial charge in [-0.3, -0.25) is 14.4 Å². The Morgan fingerprint density at radius 2 is 1.81 bits per heavy atom. The number of carboxylic acid groups (broad SMARTS) is 1. The fourth-order valence-corrected chi connectivity index (χ4v) is 5.29. The molecule has 1 fully saturated rings. The van der Waals surface area contributed by atoms with Gasteiger partial charge in [-0.25, -0.2) is 4.99 Å². The van der Waals surface area contributed by atoms with Crippen molar-refractivity contribution >= 4 is 23.7 Å². The fraction of sp³-hybridized carbons (Fsp3) is 0.407. The quantitative estimate of drug-likeness (QED) is 0.269. The molecule has 10 nitrogen and oxygen atoms in total. The predicted molar refractivity (Wildman–Crippen MR) is 140 cm³/mol. The SMILES string of the molecule is NC(N)=NC1Cc2ccc(C(=O)NC[C@@H]3C[C@@H](CC(=O)O)C(=O)N3CCCc3ccccc3)cc2C1.O. The van der Waals surface area contributed by atoms with E-state index in [0.29, 0.717) is 24.9 Å². The van der Waals surface area contributed by atoms with E-state index >= 15 is 0 Å². The number of rotatable bonds is 10. The number of nitrogens with one attached hydrogen (secondary N) is 1. The second-order valence-electron chi connectivity index (χ2n) is 9.61. The molecule has 1 heterocycles. The average molecular weight is 510 g/mol. The third-order valence-corrected chi connectivity index (χ3v) is 6.97. The Balaban J connectivity index is 0.00000380. The van der Waals surface area contributed by atoms with E-state index in [-0.39, 0.29) is 48.3 Å². The number of fused-ring (bicyclic) bond motifs is 1. The summed E-state index contributed by atoms with van der Waals surface area (Å²) in [6, 6.07) is 15.4. The van der Waals surface area contributed by atoms with Crippen molar-refractivity contribution in [2.75, 3.05) is 13.1 Å². The molecule has 0 radical (unpaired) electrons. The van der Waals surface area contributed by atoms with Gasteiger partial charge in [-0.15, -0.1) is 0 Å². The van der Waals surface area contributed by atoms with Crippen LogP contribution in [0.4, 0.5) is 0 Å². The number of aryl methyl sites for hydroxylation is 1. The summed E-state index contributed by atoms with van der Waals surface area (Å²) < 4.78 is 0. The molecule has 0 spiro atoms. The number of guanidine groups is 1. The van der Waals surface area contributed by atoms with E-state index in [2.05, 4.69) is 10.3 Å². The topological polar surface area (TPSA) is 183 Å². The van der Waals surface area contributed by atoms with Crippen molar-refractivity contribution in [3.63, 3.8) is 0 Å². The molecule has 0 saturated carbocycles. The van der Waals surface area contributed by atoms with Gasteiger partial charge in [-0.2, -0.15) is 0 Å². The van der Waals surface area contributed by atoms with Crippen molar-refractivity contribution < 1.29 is 25.0 Å². The predicted octanol–water partition coefficient (Wildman–Crippen LogP) is 0.657. The van der Waals surface area contributed by atoms with Crippen molar-refractivity contribution in [3.05, 3.63) is 70.8 Å². The number of carboxylic acids is 1. The molecule has 0 aromatic heterocycles. The first-order valence-corrected chi connectivity index (χ1v) is 12.3. The molecule has 1 aliphatic heterocycles. The van der Waals surface area contributed by atoms with Crippen LogP contribution in [0.2, 0.25) is 0 Å². The molecule has 2 aromatic carbocycles. The smallest absolute Gasteiger partial charge is 0.304 e. The lowest BCUT2D eigenvalue weighted by Crippen LogP contribution is -2.42. The number of nitrogens with zero attached hydrogens (tertiary/aromatic N) is 2. The minimum atomic E-state index is -0.987. The summed E-state index contributed by atoms with van der Waals surface area (Å²) in [4.78, 5) is 43.2. The highest BCUT2D eigenvalue weighted by atomic mass is 16.4. The third-order valence-electron chi connectivity index (χ3n) is 6.97. The summed E-state index contributed by atoms with van der Waals surface area (Å²) in [5, 5.41) is 12.2. The molecule has 2 aliphatic rings. The number of hydrogen-bond donors (Lipinski definition) is 4. The summed E-state index contributed by atoms with van der Waals surface area (Å²) in [7, 11) is 0. The first-order valence-electron chi connectivity index (χ1n) is 12.3. The second-order valence-corrected chi connectivity index (χ2v) is 9.61. The van der Waals surface area contributed by atoms with Crippen molar-refractivity contribution in [1.82, 2.24) is 10.2 Å². The van der Waals surface area contributed by atoms with Crippen LogP contribution in [0.25, 0.3) is 0 Å². The largest absolute Gasteiger partial charge is 0.481 e. The zero-order chi connectivity index (χ0) is 25.7. The molecule has 10 heteroatoms. The summed E-state index contributed by atoms with van der Waals surface area (Å²) >= 11 is 0. The molecule has 1 saturated heterocycles. The first kappa shape index (κ1) is 27.7. The highest BCUT2D eigenvalue weighted by Gasteiger charge is 2.40. The van der Waals surface area contributed by atoms with Gasteiger partial charge in [0.2, 0.25) is 5.91 Å². The van der Waals surface area contributed by atoms with Gasteiger partial charge in [-0.1, -0.05) is 36.4 Å². The van der Waals surface area contributed by atoms with Gasteiger partial charge in [0.25, 0.3) is 5.91 Å². The van der Waals surface area contributed by atoms with Gasteiger partial charge in [0.15, 0.2) is 5.96 Å². The highest BCUT2D eigenvalue weighted by molar-refractivity contribution is 5.94. The Morgan fingerprint density at radius 1 is 1.08 bits per heavy atom. The Kier molecular flexibility index (Phi) is 9.24. The van der Waals surface area contributed by atoms with Gasteiger partial charge >= 0.3 is 5.97 Å². The molecular formula is C27H35N5O5. The van der Waals surface area contributed by atoms with E-state index in [1.807, 2.05) is 42.5 Å². The normalized spacial score (nSPS) is 20.2. The maximum absolute atomic E-state index is 13.0. The summed E-state index contributed by atoms with van der Waals surface area (Å²) in [6.07, 6.45) is 3.23. The number of aliphatic imine (C=N–C) groups is 1. The van der Waals surface area contributed by atoms with Crippen LogP contribution in [0, 0.1) is 5.92 Å². The molecule has 2 aromatic rings. The van der Waals surface area contributed by atoms with E-state index in [1.54, 1.807) is 11.0 Å². The number of amides is 2. The molecule has 0 bridgehead atoms. The van der Waals surface area contributed by atoms with Gasteiger partial charge in [0.1, 0.15) is 0 Å². The molecule has 4 rings (SSSR count). The Morgan fingerprint density at radius 3 is 2.51 bits per heavy atom. The number of benzene rings is 2. The van der Waals surface area contributed by atoms with Crippen molar-refractivity contribution in [2.45, 2.75) is 50.6 Å². The van der Waals surface area contributed by atoms with Crippen LogP contribution < -0.4 is 16.8 Å². The number of carbonyl (C=O) groups excluding carboxylic acids is 2. The third kappa shape index (κ3) is 7.07. The molecule has 1 aliphatic carbocycles. The monoisotopic (exact) mass is 509 g/mol. The molecule has 2 amide bonds. The lowest BCUT2D eigenvalue weighted by atomic mass is 10.0. The van der Waals surface area contributed by atoms with Crippen molar-refractivity contribution in [3.8, 4) is 0 Å². The van der Waals surface area contributed by atoms with Crippen LogP contribution in [0.3, 0.4) is 0 Å². The summed E-state index contributed by atoms with van der Waals surface area (Å²) in [5.41, 5.74) is 14.9. The summed E-state index contributed by atoms with van der Waals surface area (Å²) in [6.45, 7) is 0.801. The number of aliphatic carboxylic acids is 1. The Labute approximate surface area is 216 Å². The van der Waals surface area contributed by atoms with Crippen LogP contribution in [-0.2, 0) is 28.9 Å². The lowest BCUT2D eigenvalue weighted by Gasteiger charge is -2.25. The Bertz CT molecular complexity index is 1150. The van der Waals surface area contributed by atoms with E-state index < -0.39 is 11.9 Å². The van der Waals surface area contributed by atoms with Gasteiger partial charge < -0.3 is 32.3 Å². The molecule has 1 unspecified atom stereocenters. The molecule has 37 heavy (non-hydrogen) atoms. The van der Waals surface area contributed by atoms with Gasteiger partial charge in [0, 0.05) is 24.7 Å². The molecule has 198 valence electrons. The van der Waals surface area contributed by atoms with E-state index in [4.69, 9.17) is 11.5 Å².